The van der Waals surface area contributed by atoms with Crippen molar-refractivity contribution in [1.82, 2.24) is 0 Å². The monoisotopic (exact) mass is 119 g/mol. The van der Waals surface area contributed by atoms with Gasteiger partial charge in [0.1, 0.15) is 6.23 Å². The smallest absolute Gasteiger partial charge is 0.102 e. The fraction of sp³-hybridized carbons (Fsp3) is 0.600. The van der Waals surface area contributed by atoms with Crippen molar-refractivity contribution in [1.29, 1.82) is 0 Å². The zero-order valence-electron chi connectivity index (χ0n) is 5.04. The van der Waals surface area contributed by atoms with Gasteiger partial charge in [0.15, 0.2) is 0 Å². The van der Waals surface area contributed by atoms with Crippen LogP contribution in [0.3, 0.4) is 0 Å². The quantitative estimate of drug-likeness (QED) is 0.345. The lowest BCUT2D eigenvalue weighted by atomic mass is 10.5. The second kappa shape index (κ2) is 9.68. The molecule has 0 radical (unpaired) electrons. The van der Waals surface area contributed by atoms with E-state index in [-0.39, 0.29) is 0 Å². The first-order valence-electron chi connectivity index (χ1n) is 2.37. The van der Waals surface area contributed by atoms with E-state index in [4.69, 9.17) is 15.9 Å². The molecule has 0 aliphatic rings. The van der Waals surface area contributed by atoms with E-state index in [1.807, 2.05) is 6.92 Å². The summed E-state index contributed by atoms with van der Waals surface area (Å²) in [4.78, 5) is 0. The number of aliphatic hydroxyl groups excluding tert-OH is 2. The molecule has 50 valence electrons. The van der Waals surface area contributed by atoms with Crippen LogP contribution in [-0.2, 0) is 0 Å². The van der Waals surface area contributed by atoms with Gasteiger partial charge in [-0.2, -0.15) is 0 Å². The van der Waals surface area contributed by atoms with Crippen molar-refractivity contribution in [2.24, 2.45) is 5.73 Å². The summed E-state index contributed by atoms with van der Waals surface area (Å²) in [6.07, 6.45) is 0.773. The Labute approximate surface area is 49.4 Å². The Morgan fingerprint density at radius 3 is 2.00 bits per heavy atom. The summed E-state index contributed by atoms with van der Waals surface area (Å²) in [5.74, 6) is 0. The van der Waals surface area contributed by atoms with Crippen LogP contribution in [0.5, 0.6) is 0 Å². The molecular weight excluding hydrogens is 106 g/mol. The lowest BCUT2D eigenvalue weighted by Crippen LogP contribution is -2.16. The highest BCUT2D eigenvalue weighted by molar-refractivity contribution is 4.38. The van der Waals surface area contributed by atoms with Gasteiger partial charge < -0.3 is 15.9 Å². The zero-order valence-corrected chi connectivity index (χ0v) is 5.04. The number of nitrogens with two attached hydrogens (primary N) is 1. The average molecular weight is 119 g/mol. The summed E-state index contributed by atoms with van der Waals surface area (Å²) in [6.45, 7) is 4.74. The lowest BCUT2D eigenvalue weighted by Gasteiger charge is -1.91. The van der Waals surface area contributed by atoms with E-state index in [1.54, 1.807) is 0 Å². The number of rotatable bonds is 1. The Morgan fingerprint density at radius 1 is 1.88 bits per heavy atom. The second-order valence-electron chi connectivity index (χ2n) is 1.16. The highest BCUT2D eigenvalue weighted by Crippen LogP contribution is 1.72. The molecule has 4 N–H and O–H groups in total. The molecule has 1 unspecified atom stereocenters. The van der Waals surface area contributed by atoms with Gasteiger partial charge in [-0.05, 0) is 6.42 Å². The third-order valence-electron chi connectivity index (χ3n) is 0.418. The third-order valence-corrected chi connectivity index (χ3v) is 0.418. The molecule has 0 aromatic rings. The van der Waals surface area contributed by atoms with E-state index >= 15 is 0 Å². The molecule has 3 heteroatoms. The van der Waals surface area contributed by atoms with Gasteiger partial charge in [0, 0.05) is 0 Å². The topological polar surface area (TPSA) is 66.5 Å². The number of hydrogen-bond donors (Lipinski definition) is 3. The van der Waals surface area contributed by atoms with Crippen molar-refractivity contribution >= 4 is 0 Å². The Bertz CT molecular complexity index is 45.7. The SMILES string of the molecule is C=CO.CCC(N)O. The van der Waals surface area contributed by atoms with Crippen LogP contribution in [0.2, 0.25) is 0 Å². The molecule has 0 saturated carbocycles. The average Bonchev–Trinajstić information content (AvgIpc) is 1.69. The van der Waals surface area contributed by atoms with Gasteiger partial charge in [0.2, 0.25) is 0 Å². The first-order valence-corrected chi connectivity index (χ1v) is 2.37. The Morgan fingerprint density at radius 2 is 2.00 bits per heavy atom. The predicted molar refractivity (Wildman–Crippen MR) is 33.3 cm³/mol. The summed E-state index contributed by atoms with van der Waals surface area (Å²) >= 11 is 0. The molecule has 0 heterocycles. The molecule has 0 rings (SSSR count). The van der Waals surface area contributed by atoms with Crippen LogP contribution in [0.15, 0.2) is 12.8 Å². The van der Waals surface area contributed by atoms with Crippen molar-refractivity contribution in [3.8, 4) is 0 Å². The van der Waals surface area contributed by atoms with Gasteiger partial charge in [-0.3, -0.25) is 0 Å². The standard InChI is InChI=1S/C3H9NO.C2H4O/c1-2-3(4)5;1-2-3/h3,5H,2,4H2,1H3;2-3H,1H2. The highest BCUT2D eigenvalue weighted by atomic mass is 16.3. The van der Waals surface area contributed by atoms with Gasteiger partial charge >= 0.3 is 0 Å². The Balaban J connectivity index is 0. The normalized spacial score (nSPS) is 10.9. The molecule has 0 fully saturated rings. The molecule has 3 nitrogen and oxygen atoms in total. The largest absolute Gasteiger partial charge is 0.516 e. The van der Waals surface area contributed by atoms with E-state index in [0.717, 1.165) is 6.26 Å². The zero-order chi connectivity index (χ0) is 6.99. The van der Waals surface area contributed by atoms with Crippen molar-refractivity contribution in [3.05, 3.63) is 12.8 Å². The van der Waals surface area contributed by atoms with Gasteiger partial charge in [-0.1, -0.05) is 13.5 Å². The molecule has 0 bridgehead atoms. The van der Waals surface area contributed by atoms with Crippen LogP contribution < -0.4 is 5.73 Å². The van der Waals surface area contributed by atoms with Crippen LogP contribution in [0.1, 0.15) is 13.3 Å². The van der Waals surface area contributed by atoms with Crippen molar-refractivity contribution in [3.63, 3.8) is 0 Å². The summed E-state index contributed by atoms with van der Waals surface area (Å²) in [7, 11) is 0. The van der Waals surface area contributed by atoms with E-state index in [9.17, 15) is 0 Å². The fourth-order valence-corrected chi connectivity index (χ4v) is 0. The lowest BCUT2D eigenvalue weighted by molar-refractivity contribution is 0.178. The minimum Gasteiger partial charge on any atom is -0.516 e. The maximum atomic E-state index is 8.14. The summed E-state index contributed by atoms with van der Waals surface area (Å²) in [6, 6.07) is 0. The second-order valence-corrected chi connectivity index (χ2v) is 1.16. The van der Waals surface area contributed by atoms with Crippen molar-refractivity contribution in [2.75, 3.05) is 0 Å². The molecule has 0 aliphatic carbocycles. The summed E-state index contributed by atoms with van der Waals surface area (Å²) in [5, 5.41) is 15.5. The van der Waals surface area contributed by atoms with Crippen LogP contribution in [0.25, 0.3) is 0 Å². The van der Waals surface area contributed by atoms with E-state index < -0.39 is 6.23 Å². The number of hydrogen-bond acceptors (Lipinski definition) is 3. The fourth-order valence-electron chi connectivity index (χ4n) is 0. The van der Waals surface area contributed by atoms with Crippen LogP contribution in [0, 0.1) is 0 Å². The maximum absolute atomic E-state index is 8.14. The van der Waals surface area contributed by atoms with Gasteiger partial charge in [-0.25, -0.2) is 0 Å². The van der Waals surface area contributed by atoms with Crippen molar-refractivity contribution in [2.45, 2.75) is 19.6 Å². The van der Waals surface area contributed by atoms with Crippen LogP contribution >= 0.6 is 0 Å². The van der Waals surface area contributed by atoms with Gasteiger partial charge in [0.05, 0.1) is 6.26 Å². The minimum atomic E-state index is -0.616. The highest BCUT2D eigenvalue weighted by Gasteiger charge is 1.81. The van der Waals surface area contributed by atoms with Gasteiger partial charge in [0.25, 0.3) is 0 Å². The summed E-state index contributed by atoms with van der Waals surface area (Å²) < 4.78 is 0. The maximum Gasteiger partial charge on any atom is 0.102 e. The minimum absolute atomic E-state index is 0.616. The number of aliphatic hydroxyl groups is 2. The van der Waals surface area contributed by atoms with E-state index in [1.165, 1.54) is 0 Å². The van der Waals surface area contributed by atoms with Crippen LogP contribution in [-0.4, -0.2) is 16.4 Å². The van der Waals surface area contributed by atoms with E-state index in [0.29, 0.717) is 6.42 Å². The Kier molecular flexibility index (Phi) is 12.6. The molecule has 8 heavy (non-hydrogen) atoms. The molecule has 0 amide bonds. The van der Waals surface area contributed by atoms with E-state index in [2.05, 4.69) is 6.58 Å². The van der Waals surface area contributed by atoms with Gasteiger partial charge in [-0.15, -0.1) is 0 Å². The predicted octanol–water partition coefficient (Wildman–Crippen LogP) is 0.361. The molecule has 0 saturated heterocycles. The summed E-state index contributed by atoms with van der Waals surface area (Å²) in [5.41, 5.74) is 4.85. The molecule has 0 aromatic carbocycles. The molecule has 0 aliphatic heterocycles. The molecule has 0 aromatic heterocycles. The Hall–Kier alpha value is -0.540. The van der Waals surface area contributed by atoms with Crippen LogP contribution in [0.4, 0.5) is 0 Å². The first-order chi connectivity index (χ1) is 3.68. The molecular formula is C5H13NO2. The molecule has 0 spiro atoms. The first kappa shape index (κ1) is 10.4. The molecule has 1 atom stereocenters. The third kappa shape index (κ3) is 51.0. The van der Waals surface area contributed by atoms with Crippen molar-refractivity contribution < 1.29 is 10.2 Å².